The van der Waals surface area contributed by atoms with Gasteiger partial charge in [0.05, 0.1) is 34.2 Å². The predicted molar refractivity (Wildman–Crippen MR) is 156 cm³/mol. The van der Waals surface area contributed by atoms with Crippen molar-refractivity contribution < 1.29 is 9.59 Å². The summed E-state index contributed by atoms with van der Waals surface area (Å²) in [6.45, 7) is 0.387. The van der Waals surface area contributed by atoms with Crippen LogP contribution in [-0.2, 0) is 6.54 Å². The molecule has 7 heteroatoms. The van der Waals surface area contributed by atoms with Crippen LogP contribution in [0.4, 0.5) is 22.7 Å². The fourth-order valence-corrected chi connectivity index (χ4v) is 4.97. The molecule has 5 aromatic rings. The minimum Gasteiger partial charge on any atom is -0.354 e. The van der Waals surface area contributed by atoms with Gasteiger partial charge >= 0.3 is 0 Å². The van der Waals surface area contributed by atoms with Crippen LogP contribution < -0.4 is 15.5 Å². The Bertz CT molecular complexity index is 1700. The van der Waals surface area contributed by atoms with Gasteiger partial charge in [-0.1, -0.05) is 66.2 Å². The first-order valence-electron chi connectivity index (χ1n) is 12.5. The average molecular weight is 531 g/mol. The van der Waals surface area contributed by atoms with E-state index >= 15 is 0 Å². The van der Waals surface area contributed by atoms with Gasteiger partial charge in [0.15, 0.2) is 0 Å². The minimum absolute atomic E-state index is 0.232. The molecule has 0 atom stereocenters. The summed E-state index contributed by atoms with van der Waals surface area (Å²) in [6, 6.07) is 33.4. The van der Waals surface area contributed by atoms with Gasteiger partial charge in [0.25, 0.3) is 11.8 Å². The summed E-state index contributed by atoms with van der Waals surface area (Å²) in [5, 5.41) is 6.59. The third kappa shape index (κ3) is 4.85. The second-order valence-corrected chi connectivity index (χ2v) is 9.51. The van der Waals surface area contributed by atoms with Crippen molar-refractivity contribution in [2.24, 2.45) is 0 Å². The lowest BCUT2D eigenvalue weighted by atomic mass is 10.0. The predicted octanol–water partition coefficient (Wildman–Crippen LogP) is 7.56. The number of carbonyl (C=O) groups is 2. The molecule has 4 aromatic carbocycles. The second-order valence-electron chi connectivity index (χ2n) is 9.10. The Morgan fingerprint density at radius 3 is 2.36 bits per heavy atom. The summed E-state index contributed by atoms with van der Waals surface area (Å²) in [7, 11) is 0. The van der Waals surface area contributed by atoms with E-state index in [-0.39, 0.29) is 16.8 Å². The van der Waals surface area contributed by atoms with Crippen molar-refractivity contribution >= 4 is 46.2 Å². The maximum atomic E-state index is 13.8. The van der Waals surface area contributed by atoms with Crippen LogP contribution in [0.3, 0.4) is 0 Å². The van der Waals surface area contributed by atoms with Crippen LogP contribution >= 0.6 is 11.6 Å². The monoisotopic (exact) mass is 530 g/mol. The van der Waals surface area contributed by atoms with E-state index in [1.807, 2.05) is 84.9 Å². The zero-order chi connectivity index (χ0) is 26.8. The van der Waals surface area contributed by atoms with Crippen molar-refractivity contribution in [2.45, 2.75) is 6.54 Å². The average Bonchev–Trinajstić information content (AvgIpc) is 3.14. The number of amides is 2. The molecule has 0 aliphatic carbocycles. The van der Waals surface area contributed by atoms with Crippen LogP contribution in [0.5, 0.6) is 0 Å². The van der Waals surface area contributed by atoms with Gasteiger partial charge in [-0.3, -0.25) is 14.6 Å². The lowest BCUT2D eigenvalue weighted by Gasteiger charge is -2.23. The summed E-state index contributed by atoms with van der Waals surface area (Å²) >= 11 is 6.64. The number of anilines is 4. The summed E-state index contributed by atoms with van der Waals surface area (Å²) in [5.41, 5.74) is 6.29. The van der Waals surface area contributed by atoms with E-state index in [0.717, 1.165) is 28.2 Å². The van der Waals surface area contributed by atoms with Gasteiger partial charge in [-0.05, 0) is 60.2 Å². The van der Waals surface area contributed by atoms with Crippen LogP contribution in [0, 0.1) is 0 Å². The van der Waals surface area contributed by atoms with Gasteiger partial charge < -0.3 is 15.5 Å². The van der Waals surface area contributed by atoms with Crippen LogP contribution in [0.25, 0.3) is 11.3 Å². The number of rotatable bonds is 4. The number of fused-ring (bicyclic) bond motifs is 2. The molecule has 0 saturated heterocycles. The van der Waals surface area contributed by atoms with E-state index < -0.39 is 0 Å². The molecule has 1 aromatic heterocycles. The maximum absolute atomic E-state index is 13.8. The Balaban J connectivity index is 1.28. The first kappa shape index (κ1) is 24.4. The molecular weight excluding hydrogens is 508 g/mol. The first-order valence-corrected chi connectivity index (χ1v) is 12.8. The summed E-state index contributed by atoms with van der Waals surface area (Å²) < 4.78 is 0. The number of hydrogen-bond donors (Lipinski definition) is 2. The number of benzene rings is 4. The number of halogens is 1. The highest BCUT2D eigenvalue weighted by atomic mass is 35.5. The van der Waals surface area contributed by atoms with Crippen molar-refractivity contribution in [3.8, 4) is 11.3 Å². The Morgan fingerprint density at radius 1 is 0.795 bits per heavy atom. The largest absolute Gasteiger partial charge is 0.354 e. The highest BCUT2D eigenvalue weighted by Crippen LogP contribution is 2.37. The molecule has 190 valence electrons. The molecule has 0 bridgehead atoms. The third-order valence-corrected chi connectivity index (χ3v) is 6.94. The topological polar surface area (TPSA) is 74.3 Å². The maximum Gasteiger partial charge on any atom is 0.260 e. The molecule has 2 heterocycles. The van der Waals surface area contributed by atoms with E-state index in [1.54, 1.807) is 35.4 Å². The summed E-state index contributed by atoms with van der Waals surface area (Å²) in [4.78, 5) is 33.1. The van der Waals surface area contributed by atoms with E-state index in [4.69, 9.17) is 11.6 Å². The van der Waals surface area contributed by atoms with E-state index in [2.05, 4.69) is 15.6 Å². The second kappa shape index (κ2) is 10.4. The van der Waals surface area contributed by atoms with Crippen LogP contribution in [0.1, 0.15) is 26.3 Å². The number of para-hydroxylation sites is 3. The number of aromatic nitrogens is 1. The molecule has 6 rings (SSSR count). The number of hydrogen-bond acceptors (Lipinski definition) is 4. The SMILES string of the molecule is O=C(Nc1ccc(C(=O)N2Cc3ccccc3Nc3ccccc32)c(Cl)c1)c1ccccc1-c1ccccn1. The zero-order valence-electron chi connectivity index (χ0n) is 20.8. The van der Waals surface area contributed by atoms with Gasteiger partial charge in [-0.25, -0.2) is 0 Å². The highest BCUT2D eigenvalue weighted by Gasteiger charge is 2.26. The molecule has 0 spiro atoms. The molecule has 2 amide bonds. The van der Waals surface area contributed by atoms with Crippen LogP contribution in [-0.4, -0.2) is 16.8 Å². The number of carbonyl (C=O) groups excluding carboxylic acids is 2. The van der Waals surface area contributed by atoms with Crippen molar-refractivity contribution in [3.05, 3.63) is 137 Å². The van der Waals surface area contributed by atoms with Gasteiger partial charge in [0, 0.05) is 28.7 Å². The van der Waals surface area contributed by atoms with Gasteiger partial charge in [-0.2, -0.15) is 0 Å². The van der Waals surface area contributed by atoms with Crippen LogP contribution in [0.2, 0.25) is 5.02 Å². The fraction of sp³-hybridized carbons (Fsp3) is 0.0312. The first-order chi connectivity index (χ1) is 19.1. The third-order valence-electron chi connectivity index (χ3n) is 6.63. The Kier molecular flexibility index (Phi) is 6.53. The Hall–Kier alpha value is -4.94. The quantitative estimate of drug-likeness (QED) is 0.251. The Labute approximate surface area is 230 Å². The van der Waals surface area contributed by atoms with E-state index in [9.17, 15) is 9.59 Å². The molecule has 0 radical (unpaired) electrons. The zero-order valence-corrected chi connectivity index (χ0v) is 21.5. The summed E-state index contributed by atoms with van der Waals surface area (Å²) in [6.07, 6.45) is 1.69. The number of nitrogens with zero attached hydrogens (tertiary/aromatic N) is 2. The lowest BCUT2D eigenvalue weighted by Crippen LogP contribution is -2.30. The number of nitrogens with one attached hydrogen (secondary N) is 2. The van der Waals surface area contributed by atoms with Gasteiger partial charge in [0.2, 0.25) is 0 Å². The Morgan fingerprint density at radius 2 is 1.54 bits per heavy atom. The van der Waals surface area contributed by atoms with Gasteiger partial charge in [-0.15, -0.1) is 0 Å². The molecule has 6 nitrogen and oxygen atoms in total. The minimum atomic E-state index is -0.296. The molecule has 1 aliphatic rings. The smallest absolute Gasteiger partial charge is 0.260 e. The molecule has 0 unspecified atom stereocenters. The summed E-state index contributed by atoms with van der Waals surface area (Å²) in [5.74, 6) is -0.528. The van der Waals surface area contributed by atoms with E-state index in [0.29, 0.717) is 29.1 Å². The molecule has 0 saturated carbocycles. The standard InChI is InChI=1S/C32H23ClN4O2/c33-26-19-22(35-31(38)24-11-3-2-10-23(24)28-13-7-8-18-34-28)16-17-25(26)32(39)37-20-21-9-1-4-12-27(21)36-29-14-5-6-15-30(29)37/h1-19,36H,20H2,(H,35,38). The lowest BCUT2D eigenvalue weighted by molar-refractivity contribution is 0.0984. The van der Waals surface area contributed by atoms with Crippen LogP contribution in [0.15, 0.2) is 115 Å². The highest BCUT2D eigenvalue weighted by molar-refractivity contribution is 6.35. The van der Waals surface area contributed by atoms with E-state index in [1.165, 1.54) is 0 Å². The molecule has 2 N–H and O–H groups in total. The molecular formula is C32H23ClN4O2. The van der Waals surface area contributed by atoms with Gasteiger partial charge in [0.1, 0.15) is 0 Å². The molecule has 0 fully saturated rings. The van der Waals surface area contributed by atoms with Crippen molar-refractivity contribution in [3.63, 3.8) is 0 Å². The van der Waals surface area contributed by atoms with Crippen molar-refractivity contribution in [1.29, 1.82) is 0 Å². The normalized spacial score (nSPS) is 12.0. The fourth-order valence-electron chi connectivity index (χ4n) is 4.71. The van der Waals surface area contributed by atoms with Crippen molar-refractivity contribution in [1.82, 2.24) is 4.98 Å². The molecule has 39 heavy (non-hydrogen) atoms. The number of pyridine rings is 1. The molecule has 1 aliphatic heterocycles. The van der Waals surface area contributed by atoms with Crippen molar-refractivity contribution in [2.75, 3.05) is 15.5 Å².